The molecule has 3 nitrogen and oxygen atoms in total. The van der Waals surface area contributed by atoms with Crippen LogP contribution in [0.3, 0.4) is 0 Å². The quantitative estimate of drug-likeness (QED) is 0.630. The second-order valence-electron chi connectivity index (χ2n) is 4.83. The summed E-state index contributed by atoms with van der Waals surface area (Å²) in [7, 11) is 1.20. The van der Waals surface area contributed by atoms with Gasteiger partial charge in [0, 0.05) is 0 Å². The van der Waals surface area contributed by atoms with Crippen molar-refractivity contribution in [3.63, 3.8) is 0 Å². The van der Waals surface area contributed by atoms with Crippen molar-refractivity contribution in [3.05, 3.63) is 28.5 Å². The molecule has 0 spiro atoms. The van der Waals surface area contributed by atoms with Gasteiger partial charge in [0.05, 0.1) is 7.11 Å². The molecular formula is C14H15ClF4O3. The fourth-order valence-electron chi connectivity index (χ4n) is 2.16. The minimum Gasteiger partial charge on any atom is -0.495 e. The van der Waals surface area contributed by atoms with Crippen molar-refractivity contribution in [2.75, 3.05) is 7.11 Å². The lowest BCUT2D eigenvalue weighted by molar-refractivity contribution is -0.247. The Balaban J connectivity index is 3.29. The highest BCUT2D eigenvalue weighted by atomic mass is 35.5. The van der Waals surface area contributed by atoms with E-state index in [0.29, 0.717) is 0 Å². The lowest BCUT2D eigenvalue weighted by Crippen LogP contribution is -2.47. The molecular weight excluding hydrogens is 328 g/mol. The molecule has 0 aromatic heterocycles. The Kier molecular flexibility index (Phi) is 5.81. The Hall–Kier alpha value is -1.34. The van der Waals surface area contributed by atoms with E-state index in [2.05, 4.69) is 0 Å². The third kappa shape index (κ3) is 3.52. The zero-order valence-electron chi connectivity index (χ0n) is 11.9. The van der Waals surface area contributed by atoms with Gasteiger partial charge in [0.25, 0.3) is 0 Å². The van der Waals surface area contributed by atoms with Crippen molar-refractivity contribution in [1.82, 2.24) is 0 Å². The number of hydrogen-bond donors (Lipinski definition) is 1. The van der Waals surface area contributed by atoms with Crippen LogP contribution < -0.4 is 4.74 Å². The van der Waals surface area contributed by atoms with Crippen molar-refractivity contribution in [2.24, 2.45) is 0 Å². The van der Waals surface area contributed by atoms with Crippen molar-refractivity contribution in [3.8, 4) is 5.75 Å². The molecule has 2 atom stereocenters. The molecule has 0 heterocycles. The summed E-state index contributed by atoms with van der Waals surface area (Å²) in [6, 6.07) is 2.23. The van der Waals surface area contributed by atoms with Crippen LogP contribution in [0.15, 0.2) is 12.1 Å². The summed E-state index contributed by atoms with van der Waals surface area (Å²) in [5.74, 6) is -1.78. The lowest BCUT2D eigenvalue weighted by Gasteiger charge is -2.29. The molecule has 0 aliphatic heterocycles. The van der Waals surface area contributed by atoms with Crippen molar-refractivity contribution < 1.29 is 32.2 Å². The normalized spacial score (nSPS) is 16.0. The molecule has 8 heteroatoms. The first-order valence-electron chi connectivity index (χ1n) is 6.38. The van der Waals surface area contributed by atoms with Gasteiger partial charge in [-0.1, -0.05) is 24.6 Å². The largest absolute Gasteiger partial charge is 0.495 e. The molecule has 124 valence electrons. The maximum Gasteiger partial charge on any atom is 0.424 e. The summed E-state index contributed by atoms with van der Waals surface area (Å²) in [6.07, 6.45) is -6.40. The molecule has 1 N–H and O–H groups in total. The predicted octanol–water partition coefficient (Wildman–Crippen LogP) is 3.86. The number of benzene rings is 1. The molecule has 0 aliphatic carbocycles. The number of ether oxygens (including phenoxy) is 1. The van der Waals surface area contributed by atoms with E-state index in [4.69, 9.17) is 16.3 Å². The average Bonchev–Trinajstić information content (AvgIpc) is 2.46. The van der Waals surface area contributed by atoms with Gasteiger partial charge in [0.2, 0.25) is 5.60 Å². The minimum atomic E-state index is -5.11. The summed E-state index contributed by atoms with van der Waals surface area (Å²) in [4.78, 5) is 10.7. The van der Waals surface area contributed by atoms with Gasteiger partial charge in [-0.15, -0.1) is 0 Å². The molecule has 1 rings (SSSR count). The van der Waals surface area contributed by atoms with Gasteiger partial charge in [0.1, 0.15) is 16.6 Å². The van der Waals surface area contributed by atoms with Gasteiger partial charge < -0.3 is 9.84 Å². The molecule has 0 saturated carbocycles. The maximum atomic E-state index is 13.4. The Labute approximate surface area is 129 Å². The second kappa shape index (κ2) is 6.83. The van der Waals surface area contributed by atoms with Crippen molar-refractivity contribution in [2.45, 2.75) is 37.5 Å². The second-order valence-corrected chi connectivity index (χ2v) is 5.21. The monoisotopic (exact) mass is 342 g/mol. The summed E-state index contributed by atoms with van der Waals surface area (Å²) < 4.78 is 56.9. The Morgan fingerprint density at radius 3 is 2.41 bits per heavy atom. The van der Waals surface area contributed by atoms with E-state index in [1.54, 1.807) is 6.92 Å². The SMILES string of the molecule is CCC(CC(O)(C=O)C(F)(F)F)c1ccc(F)c(Cl)c1OC. The molecule has 0 aliphatic rings. The van der Waals surface area contributed by atoms with Crippen LogP contribution in [-0.4, -0.2) is 30.3 Å². The molecule has 1 aromatic rings. The Morgan fingerprint density at radius 2 is 2.00 bits per heavy atom. The number of halogens is 5. The maximum absolute atomic E-state index is 13.4. The first kappa shape index (κ1) is 18.7. The highest BCUT2D eigenvalue weighted by Gasteiger charge is 2.54. The molecule has 2 unspecified atom stereocenters. The lowest BCUT2D eigenvalue weighted by atomic mass is 9.84. The summed E-state index contributed by atoms with van der Waals surface area (Å²) in [5, 5.41) is 9.20. The van der Waals surface area contributed by atoms with Gasteiger partial charge in [0.15, 0.2) is 6.29 Å². The van der Waals surface area contributed by atoms with Crippen LogP contribution in [0.25, 0.3) is 0 Å². The number of methoxy groups -OCH3 is 1. The summed E-state index contributed by atoms with van der Waals surface area (Å²) in [6.45, 7) is 1.57. The van der Waals surface area contributed by atoms with Gasteiger partial charge in [-0.05, 0) is 30.4 Å². The molecule has 0 saturated heterocycles. The molecule has 22 heavy (non-hydrogen) atoms. The van der Waals surface area contributed by atoms with Crippen LogP contribution in [0.4, 0.5) is 17.6 Å². The van der Waals surface area contributed by atoms with E-state index in [1.165, 1.54) is 13.2 Å². The van der Waals surface area contributed by atoms with Crippen LogP contribution in [0.5, 0.6) is 5.75 Å². The molecule has 1 aromatic carbocycles. The highest BCUT2D eigenvalue weighted by Crippen LogP contribution is 2.43. The van der Waals surface area contributed by atoms with Crippen molar-refractivity contribution in [1.29, 1.82) is 0 Å². The third-order valence-corrected chi connectivity index (χ3v) is 3.81. The number of carbonyl (C=O) groups excluding carboxylic acids is 1. The zero-order valence-corrected chi connectivity index (χ0v) is 12.6. The summed E-state index contributed by atoms with van der Waals surface area (Å²) >= 11 is 5.74. The first-order valence-corrected chi connectivity index (χ1v) is 6.76. The fraction of sp³-hybridized carbons (Fsp3) is 0.500. The topological polar surface area (TPSA) is 46.5 Å². The number of hydrogen-bond acceptors (Lipinski definition) is 3. The minimum absolute atomic E-state index is 0.107. The van der Waals surface area contributed by atoms with Gasteiger partial charge in [-0.3, -0.25) is 4.79 Å². The van der Waals surface area contributed by atoms with Gasteiger partial charge in [-0.25, -0.2) is 4.39 Å². The van der Waals surface area contributed by atoms with Crippen LogP contribution in [-0.2, 0) is 4.79 Å². The number of alkyl halides is 3. The number of aldehydes is 1. The van der Waals surface area contributed by atoms with Gasteiger partial charge >= 0.3 is 6.18 Å². The van der Waals surface area contributed by atoms with E-state index in [1.807, 2.05) is 0 Å². The van der Waals surface area contributed by atoms with E-state index in [-0.39, 0.29) is 22.8 Å². The molecule has 0 bridgehead atoms. The molecule has 0 fully saturated rings. The number of carbonyl (C=O) groups is 1. The summed E-state index contributed by atoms with van der Waals surface area (Å²) in [5.41, 5.74) is -3.29. The van der Waals surface area contributed by atoms with E-state index >= 15 is 0 Å². The highest BCUT2D eigenvalue weighted by molar-refractivity contribution is 6.32. The third-order valence-electron chi connectivity index (χ3n) is 3.46. The standard InChI is InChI=1S/C14H15ClF4O3/c1-3-8(6-13(21,7-20)14(17,18)19)9-4-5-10(16)11(15)12(9)22-2/h4-5,7-8,21H,3,6H2,1-2H3. The van der Waals surface area contributed by atoms with Crippen LogP contribution in [0, 0.1) is 5.82 Å². The molecule has 0 radical (unpaired) electrons. The van der Waals surface area contributed by atoms with Crippen LogP contribution in [0.2, 0.25) is 5.02 Å². The van der Waals surface area contributed by atoms with Crippen LogP contribution in [0.1, 0.15) is 31.2 Å². The smallest absolute Gasteiger partial charge is 0.424 e. The Morgan fingerprint density at radius 1 is 1.41 bits per heavy atom. The Bertz CT molecular complexity index is 548. The first-order chi connectivity index (χ1) is 10.1. The number of aliphatic hydroxyl groups is 1. The van der Waals surface area contributed by atoms with Crippen LogP contribution >= 0.6 is 11.6 Å². The van der Waals surface area contributed by atoms with E-state index in [0.717, 1.165) is 6.07 Å². The zero-order chi connectivity index (χ0) is 17.1. The van der Waals surface area contributed by atoms with E-state index in [9.17, 15) is 27.5 Å². The predicted molar refractivity (Wildman–Crippen MR) is 72.7 cm³/mol. The average molecular weight is 343 g/mol. The fourth-order valence-corrected chi connectivity index (χ4v) is 2.41. The number of rotatable bonds is 6. The van der Waals surface area contributed by atoms with Crippen molar-refractivity contribution >= 4 is 17.9 Å². The van der Waals surface area contributed by atoms with E-state index < -0.39 is 36.2 Å². The van der Waals surface area contributed by atoms with Gasteiger partial charge in [-0.2, -0.15) is 13.2 Å². The molecule has 0 amide bonds.